The molecule has 0 aromatic rings. The maximum atomic E-state index is 11.7. The van der Waals surface area contributed by atoms with Crippen molar-refractivity contribution < 1.29 is 9.59 Å². The van der Waals surface area contributed by atoms with Gasteiger partial charge in [-0.1, -0.05) is 0 Å². The number of piperazine rings is 1. The summed E-state index contributed by atoms with van der Waals surface area (Å²) in [5.74, 6) is 0.120. The van der Waals surface area contributed by atoms with Crippen molar-refractivity contribution in [3.05, 3.63) is 0 Å². The molecular formula is C11H17N3O2. The van der Waals surface area contributed by atoms with Crippen LogP contribution in [-0.4, -0.2) is 48.9 Å². The highest BCUT2D eigenvalue weighted by Gasteiger charge is 2.50. The molecule has 0 aromatic heterocycles. The number of carbonyl (C=O) groups is 2. The van der Waals surface area contributed by atoms with E-state index in [4.69, 9.17) is 0 Å². The van der Waals surface area contributed by atoms with Crippen molar-refractivity contribution in [2.45, 2.75) is 25.3 Å². The normalized spacial score (nSPS) is 32.8. The second-order valence-electron chi connectivity index (χ2n) is 5.21. The molecule has 0 unspecified atom stereocenters. The average molecular weight is 223 g/mol. The number of rotatable bonds is 0. The minimum atomic E-state index is -0.195. The third-order valence-electron chi connectivity index (χ3n) is 4.21. The molecule has 5 heteroatoms. The summed E-state index contributed by atoms with van der Waals surface area (Å²) < 4.78 is 0. The van der Waals surface area contributed by atoms with Crippen molar-refractivity contribution >= 4 is 11.8 Å². The lowest BCUT2D eigenvalue weighted by atomic mass is 9.77. The lowest BCUT2D eigenvalue weighted by molar-refractivity contribution is -0.143. The molecule has 3 fully saturated rings. The van der Waals surface area contributed by atoms with Crippen molar-refractivity contribution in [2.24, 2.45) is 5.41 Å². The second-order valence-corrected chi connectivity index (χ2v) is 5.21. The van der Waals surface area contributed by atoms with E-state index in [1.165, 1.54) is 0 Å². The van der Waals surface area contributed by atoms with Crippen molar-refractivity contribution in [1.29, 1.82) is 0 Å². The van der Waals surface area contributed by atoms with E-state index in [9.17, 15) is 9.59 Å². The third kappa shape index (κ3) is 1.42. The van der Waals surface area contributed by atoms with Crippen molar-refractivity contribution in [2.75, 3.05) is 26.2 Å². The highest BCUT2D eigenvalue weighted by atomic mass is 16.2. The van der Waals surface area contributed by atoms with Gasteiger partial charge in [0.05, 0.1) is 6.54 Å². The van der Waals surface area contributed by atoms with Gasteiger partial charge in [0.2, 0.25) is 11.8 Å². The highest BCUT2D eigenvalue weighted by Crippen LogP contribution is 2.42. The van der Waals surface area contributed by atoms with Gasteiger partial charge in [0.1, 0.15) is 6.04 Å². The van der Waals surface area contributed by atoms with E-state index < -0.39 is 0 Å². The topological polar surface area (TPSA) is 61.4 Å². The molecular weight excluding hydrogens is 206 g/mol. The van der Waals surface area contributed by atoms with Gasteiger partial charge in [-0.25, -0.2) is 0 Å². The van der Waals surface area contributed by atoms with Crippen LogP contribution >= 0.6 is 0 Å². The molecule has 88 valence electrons. The lowest BCUT2D eigenvalue weighted by Gasteiger charge is -2.33. The molecule has 3 saturated heterocycles. The molecule has 3 heterocycles. The molecule has 1 atom stereocenters. The number of carbonyl (C=O) groups excluding carboxylic acids is 2. The molecule has 0 aliphatic carbocycles. The molecule has 0 bridgehead atoms. The molecule has 2 amide bonds. The molecule has 0 aromatic carbocycles. The summed E-state index contributed by atoms with van der Waals surface area (Å²) in [7, 11) is 0. The Morgan fingerprint density at radius 1 is 1.25 bits per heavy atom. The lowest BCUT2D eigenvalue weighted by Crippen LogP contribution is -2.55. The Hall–Kier alpha value is -1.10. The number of nitrogens with one attached hydrogen (secondary N) is 2. The number of fused-ring (bicyclic) bond motifs is 1. The Kier molecular flexibility index (Phi) is 2.17. The molecule has 0 radical (unpaired) electrons. The van der Waals surface area contributed by atoms with Gasteiger partial charge in [-0.3, -0.25) is 9.59 Å². The van der Waals surface area contributed by atoms with Crippen LogP contribution in [0, 0.1) is 5.41 Å². The fourth-order valence-corrected chi connectivity index (χ4v) is 3.25. The van der Waals surface area contributed by atoms with Gasteiger partial charge in [-0.05, 0) is 37.8 Å². The van der Waals surface area contributed by atoms with Crippen LogP contribution in [0.1, 0.15) is 19.3 Å². The number of nitrogens with zero attached hydrogens (tertiary/aromatic N) is 1. The fourth-order valence-electron chi connectivity index (χ4n) is 3.25. The van der Waals surface area contributed by atoms with Crippen LogP contribution in [0.15, 0.2) is 0 Å². The number of amides is 2. The zero-order chi connectivity index (χ0) is 11.2. The Morgan fingerprint density at radius 2 is 2.00 bits per heavy atom. The Bertz CT molecular complexity index is 310. The first kappa shape index (κ1) is 10.1. The second kappa shape index (κ2) is 3.45. The summed E-state index contributed by atoms with van der Waals surface area (Å²) in [5.41, 5.74) is 0.202. The largest absolute Gasteiger partial charge is 0.345 e. The molecule has 16 heavy (non-hydrogen) atoms. The molecule has 3 rings (SSSR count). The van der Waals surface area contributed by atoms with Gasteiger partial charge in [0.15, 0.2) is 0 Å². The monoisotopic (exact) mass is 223 g/mol. The minimum absolute atomic E-state index is 0.0370. The van der Waals surface area contributed by atoms with Crippen LogP contribution in [-0.2, 0) is 9.59 Å². The van der Waals surface area contributed by atoms with Crippen molar-refractivity contribution in [3.8, 4) is 0 Å². The number of hydrogen-bond acceptors (Lipinski definition) is 3. The van der Waals surface area contributed by atoms with E-state index in [-0.39, 0.29) is 29.8 Å². The third-order valence-corrected chi connectivity index (χ3v) is 4.21. The maximum absolute atomic E-state index is 11.7. The van der Waals surface area contributed by atoms with Crippen molar-refractivity contribution in [3.63, 3.8) is 0 Å². The van der Waals surface area contributed by atoms with E-state index >= 15 is 0 Å². The molecule has 0 saturated carbocycles. The van der Waals surface area contributed by atoms with Crippen LogP contribution in [0.5, 0.6) is 0 Å². The van der Waals surface area contributed by atoms with Crippen LogP contribution < -0.4 is 10.6 Å². The van der Waals surface area contributed by atoms with E-state index in [0.29, 0.717) is 0 Å². The van der Waals surface area contributed by atoms with E-state index in [0.717, 1.165) is 38.9 Å². The first-order valence-corrected chi connectivity index (χ1v) is 5.98. The van der Waals surface area contributed by atoms with Crippen molar-refractivity contribution in [1.82, 2.24) is 15.5 Å². The standard InChI is InChI=1S/C11H17N3O2/c15-9-6-13-10(16)8-5-11(7-14(8)9)1-3-12-4-2-11/h8,12H,1-7H2,(H,13,16)/t8-/m0/s1. The van der Waals surface area contributed by atoms with Gasteiger partial charge in [0, 0.05) is 6.54 Å². The number of hydrogen-bond donors (Lipinski definition) is 2. The summed E-state index contributed by atoms with van der Waals surface area (Å²) in [5, 5.41) is 6.02. The summed E-state index contributed by atoms with van der Waals surface area (Å²) in [4.78, 5) is 25.3. The fraction of sp³-hybridized carbons (Fsp3) is 0.818. The predicted octanol–water partition coefficient (Wildman–Crippen LogP) is -0.913. The summed E-state index contributed by atoms with van der Waals surface area (Å²) in [6.45, 7) is 2.99. The van der Waals surface area contributed by atoms with Gasteiger partial charge < -0.3 is 15.5 Å². The van der Waals surface area contributed by atoms with Gasteiger partial charge in [0.25, 0.3) is 0 Å². The molecule has 1 spiro atoms. The molecule has 2 N–H and O–H groups in total. The molecule has 5 nitrogen and oxygen atoms in total. The SMILES string of the molecule is O=C1NCC(=O)N2CC3(CCNCC3)C[C@@H]12. The first-order chi connectivity index (χ1) is 7.70. The van der Waals surface area contributed by atoms with Gasteiger partial charge in [-0.15, -0.1) is 0 Å². The molecule has 3 aliphatic rings. The van der Waals surface area contributed by atoms with Gasteiger partial charge in [-0.2, -0.15) is 0 Å². The smallest absolute Gasteiger partial charge is 0.243 e. The maximum Gasteiger partial charge on any atom is 0.243 e. The predicted molar refractivity (Wildman–Crippen MR) is 57.7 cm³/mol. The minimum Gasteiger partial charge on any atom is -0.345 e. The van der Waals surface area contributed by atoms with Crippen LogP contribution in [0.4, 0.5) is 0 Å². The van der Waals surface area contributed by atoms with Crippen LogP contribution in [0.2, 0.25) is 0 Å². The van der Waals surface area contributed by atoms with Crippen LogP contribution in [0.25, 0.3) is 0 Å². The number of piperidine rings is 1. The van der Waals surface area contributed by atoms with E-state index in [2.05, 4.69) is 10.6 Å². The highest BCUT2D eigenvalue weighted by molar-refractivity contribution is 5.95. The zero-order valence-electron chi connectivity index (χ0n) is 9.29. The zero-order valence-corrected chi connectivity index (χ0v) is 9.29. The summed E-state index contributed by atoms with van der Waals surface area (Å²) in [6, 6.07) is -0.195. The molecule has 3 aliphatic heterocycles. The van der Waals surface area contributed by atoms with E-state index in [1.54, 1.807) is 4.90 Å². The van der Waals surface area contributed by atoms with Crippen LogP contribution in [0.3, 0.4) is 0 Å². The quantitative estimate of drug-likeness (QED) is 0.559. The summed E-state index contributed by atoms with van der Waals surface area (Å²) >= 11 is 0. The first-order valence-electron chi connectivity index (χ1n) is 5.98. The Balaban J connectivity index is 1.83. The van der Waals surface area contributed by atoms with E-state index in [1.807, 2.05) is 0 Å². The Labute approximate surface area is 94.6 Å². The average Bonchev–Trinajstić information content (AvgIpc) is 2.65. The van der Waals surface area contributed by atoms with Gasteiger partial charge >= 0.3 is 0 Å². The Morgan fingerprint density at radius 3 is 2.69 bits per heavy atom. The summed E-state index contributed by atoms with van der Waals surface area (Å²) in [6.07, 6.45) is 3.02.